The fourth-order valence-corrected chi connectivity index (χ4v) is 3.30. The molecule has 5 heteroatoms. The van der Waals surface area contributed by atoms with E-state index < -0.39 is 0 Å². The lowest BCUT2D eigenvalue weighted by molar-refractivity contribution is -0.0103. The zero-order chi connectivity index (χ0) is 14.1. The van der Waals surface area contributed by atoms with Gasteiger partial charge < -0.3 is 4.52 Å². The van der Waals surface area contributed by atoms with Gasteiger partial charge in [-0.05, 0) is 26.3 Å². The van der Waals surface area contributed by atoms with Crippen LogP contribution >= 0.6 is 0 Å². The number of rotatable bonds is 4. The van der Waals surface area contributed by atoms with Crippen molar-refractivity contribution in [1.82, 2.24) is 19.9 Å². The fraction of sp³-hybridized carbons (Fsp3) is 0.867. The Balaban J connectivity index is 1.47. The van der Waals surface area contributed by atoms with Gasteiger partial charge in [-0.1, -0.05) is 25.4 Å². The third-order valence-electron chi connectivity index (χ3n) is 4.62. The molecule has 2 fully saturated rings. The summed E-state index contributed by atoms with van der Waals surface area (Å²) in [5.41, 5.74) is 0. The van der Waals surface area contributed by atoms with Crippen LogP contribution in [0, 0.1) is 0 Å². The molecule has 2 aliphatic rings. The highest BCUT2D eigenvalue weighted by Crippen LogP contribution is 2.25. The molecule has 0 spiro atoms. The van der Waals surface area contributed by atoms with Gasteiger partial charge in [-0.3, -0.25) is 9.80 Å². The number of nitrogens with zero attached hydrogens (tertiary/aromatic N) is 4. The minimum Gasteiger partial charge on any atom is -0.338 e. The molecule has 112 valence electrons. The van der Waals surface area contributed by atoms with Crippen LogP contribution < -0.4 is 0 Å². The van der Waals surface area contributed by atoms with E-state index in [0.717, 1.165) is 43.4 Å². The lowest BCUT2D eigenvalue weighted by Crippen LogP contribution is -2.61. The standard InChI is InChI=1S/C15H26N4O/c1-11(2)15-16-14(20-17-15)10-18-8-13(9-18)19-7-5-4-6-12(19)3/h11-13H,4-10H2,1-3H3. The summed E-state index contributed by atoms with van der Waals surface area (Å²) in [5, 5.41) is 4.02. The molecule has 1 aromatic heterocycles. The van der Waals surface area contributed by atoms with Crippen molar-refractivity contribution >= 4 is 0 Å². The Labute approximate surface area is 121 Å². The van der Waals surface area contributed by atoms with Gasteiger partial charge in [0.25, 0.3) is 0 Å². The van der Waals surface area contributed by atoms with Crippen molar-refractivity contribution in [1.29, 1.82) is 0 Å². The summed E-state index contributed by atoms with van der Waals surface area (Å²) in [6.07, 6.45) is 4.12. The highest BCUT2D eigenvalue weighted by molar-refractivity contribution is 4.96. The summed E-state index contributed by atoms with van der Waals surface area (Å²) >= 11 is 0. The van der Waals surface area contributed by atoms with Gasteiger partial charge in [0, 0.05) is 31.1 Å². The van der Waals surface area contributed by atoms with Crippen molar-refractivity contribution in [3.8, 4) is 0 Å². The molecule has 0 N–H and O–H groups in total. The van der Waals surface area contributed by atoms with Gasteiger partial charge in [-0.2, -0.15) is 4.98 Å². The lowest BCUT2D eigenvalue weighted by Gasteiger charge is -2.48. The second kappa shape index (κ2) is 5.82. The molecular formula is C15H26N4O. The molecule has 5 nitrogen and oxygen atoms in total. The van der Waals surface area contributed by atoms with Gasteiger partial charge in [-0.15, -0.1) is 0 Å². The molecule has 3 rings (SSSR count). The molecule has 2 saturated heterocycles. The van der Waals surface area contributed by atoms with Crippen LogP contribution in [0.15, 0.2) is 4.52 Å². The molecule has 0 aromatic carbocycles. The summed E-state index contributed by atoms with van der Waals surface area (Å²) in [7, 11) is 0. The number of piperidine rings is 1. The molecule has 3 heterocycles. The number of hydrogen-bond acceptors (Lipinski definition) is 5. The number of hydrogen-bond donors (Lipinski definition) is 0. The van der Waals surface area contributed by atoms with Crippen LogP contribution in [0.25, 0.3) is 0 Å². The minimum absolute atomic E-state index is 0.339. The van der Waals surface area contributed by atoms with E-state index in [-0.39, 0.29) is 0 Å². The molecule has 1 atom stereocenters. The zero-order valence-corrected chi connectivity index (χ0v) is 12.9. The Kier molecular flexibility index (Phi) is 4.08. The summed E-state index contributed by atoms with van der Waals surface area (Å²) in [4.78, 5) is 9.55. The van der Waals surface area contributed by atoms with Crippen LogP contribution in [0.2, 0.25) is 0 Å². The van der Waals surface area contributed by atoms with Crippen molar-refractivity contribution in [2.24, 2.45) is 0 Å². The van der Waals surface area contributed by atoms with E-state index in [9.17, 15) is 0 Å². The third kappa shape index (κ3) is 2.88. The van der Waals surface area contributed by atoms with E-state index in [4.69, 9.17) is 4.52 Å². The Morgan fingerprint density at radius 1 is 1.30 bits per heavy atom. The molecule has 0 radical (unpaired) electrons. The van der Waals surface area contributed by atoms with Crippen LogP contribution in [-0.2, 0) is 6.54 Å². The largest absolute Gasteiger partial charge is 0.338 e. The van der Waals surface area contributed by atoms with E-state index in [1.807, 2.05) is 0 Å². The second-order valence-corrected chi connectivity index (χ2v) is 6.63. The average Bonchev–Trinajstić information content (AvgIpc) is 2.83. The SMILES string of the molecule is CC(C)c1noc(CN2CC(N3CCCCC3C)C2)n1. The van der Waals surface area contributed by atoms with E-state index in [0.29, 0.717) is 5.92 Å². The van der Waals surface area contributed by atoms with Crippen LogP contribution in [0.3, 0.4) is 0 Å². The van der Waals surface area contributed by atoms with Crippen molar-refractivity contribution < 1.29 is 4.52 Å². The third-order valence-corrected chi connectivity index (χ3v) is 4.62. The van der Waals surface area contributed by atoms with E-state index in [2.05, 4.69) is 40.7 Å². The number of aromatic nitrogens is 2. The molecule has 1 unspecified atom stereocenters. The lowest BCUT2D eigenvalue weighted by atomic mass is 9.97. The van der Waals surface area contributed by atoms with Crippen LogP contribution in [0.4, 0.5) is 0 Å². The van der Waals surface area contributed by atoms with Crippen LogP contribution in [-0.4, -0.2) is 51.7 Å². The molecule has 0 bridgehead atoms. The van der Waals surface area contributed by atoms with Crippen molar-refractivity contribution in [3.63, 3.8) is 0 Å². The van der Waals surface area contributed by atoms with Crippen LogP contribution in [0.5, 0.6) is 0 Å². The van der Waals surface area contributed by atoms with E-state index >= 15 is 0 Å². The topological polar surface area (TPSA) is 45.4 Å². The monoisotopic (exact) mass is 278 g/mol. The van der Waals surface area contributed by atoms with Gasteiger partial charge in [0.05, 0.1) is 6.54 Å². The number of likely N-dealkylation sites (tertiary alicyclic amines) is 2. The maximum atomic E-state index is 5.32. The van der Waals surface area contributed by atoms with Gasteiger partial charge in [-0.25, -0.2) is 0 Å². The summed E-state index contributed by atoms with van der Waals surface area (Å²) < 4.78 is 5.32. The zero-order valence-electron chi connectivity index (χ0n) is 12.9. The Morgan fingerprint density at radius 3 is 2.75 bits per heavy atom. The highest BCUT2D eigenvalue weighted by atomic mass is 16.5. The normalized spacial score (nSPS) is 26.1. The van der Waals surface area contributed by atoms with Crippen molar-refractivity contribution in [2.75, 3.05) is 19.6 Å². The van der Waals surface area contributed by atoms with E-state index in [1.54, 1.807) is 0 Å². The Bertz CT molecular complexity index is 439. The Hall–Kier alpha value is -0.940. The molecular weight excluding hydrogens is 252 g/mol. The van der Waals surface area contributed by atoms with Crippen molar-refractivity contribution in [2.45, 2.75) is 64.6 Å². The predicted octanol–water partition coefficient (Wildman–Crippen LogP) is 2.25. The molecule has 1 aromatic rings. The fourth-order valence-electron chi connectivity index (χ4n) is 3.30. The van der Waals surface area contributed by atoms with Gasteiger partial charge in [0.1, 0.15) is 0 Å². The van der Waals surface area contributed by atoms with Gasteiger partial charge in [0.15, 0.2) is 5.82 Å². The van der Waals surface area contributed by atoms with Crippen molar-refractivity contribution in [3.05, 3.63) is 11.7 Å². The first-order chi connectivity index (χ1) is 9.63. The molecule has 2 aliphatic heterocycles. The first-order valence-electron chi connectivity index (χ1n) is 7.94. The average molecular weight is 278 g/mol. The van der Waals surface area contributed by atoms with Gasteiger partial charge in [0.2, 0.25) is 5.89 Å². The maximum Gasteiger partial charge on any atom is 0.240 e. The van der Waals surface area contributed by atoms with Crippen LogP contribution in [0.1, 0.15) is 57.7 Å². The Morgan fingerprint density at radius 2 is 2.10 bits per heavy atom. The highest BCUT2D eigenvalue weighted by Gasteiger charge is 2.35. The first-order valence-corrected chi connectivity index (χ1v) is 7.94. The predicted molar refractivity (Wildman–Crippen MR) is 77.5 cm³/mol. The molecule has 0 saturated carbocycles. The minimum atomic E-state index is 0.339. The smallest absolute Gasteiger partial charge is 0.240 e. The van der Waals surface area contributed by atoms with Gasteiger partial charge >= 0.3 is 0 Å². The summed E-state index contributed by atoms with van der Waals surface area (Å²) in [5.74, 6) is 1.92. The second-order valence-electron chi connectivity index (χ2n) is 6.63. The molecule has 0 amide bonds. The van der Waals surface area contributed by atoms with E-state index in [1.165, 1.54) is 25.8 Å². The quantitative estimate of drug-likeness (QED) is 0.845. The summed E-state index contributed by atoms with van der Waals surface area (Å²) in [6.45, 7) is 10.9. The first kappa shape index (κ1) is 14.0. The summed E-state index contributed by atoms with van der Waals surface area (Å²) in [6, 6.07) is 1.49. The molecule has 0 aliphatic carbocycles. The maximum absolute atomic E-state index is 5.32. The molecule has 20 heavy (non-hydrogen) atoms.